The third-order valence-corrected chi connectivity index (χ3v) is 5.79. The molecule has 0 spiro atoms. The molecule has 3 aliphatic heterocycles. The Morgan fingerprint density at radius 2 is 1.70 bits per heavy atom. The van der Waals surface area contributed by atoms with E-state index >= 15 is 0 Å². The summed E-state index contributed by atoms with van der Waals surface area (Å²) in [4.78, 5) is 5.19. The van der Waals surface area contributed by atoms with E-state index in [4.69, 9.17) is 4.74 Å². The summed E-state index contributed by atoms with van der Waals surface area (Å²) in [6, 6.07) is 2.39. The Labute approximate surface area is 123 Å². The van der Waals surface area contributed by atoms with Crippen molar-refractivity contribution < 1.29 is 4.74 Å². The largest absolute Gasteiger partial charge is 0.379 e. The molecule has 3 saturated heterocycles. The Bertz CT molecular complexity index is 314. The molecule has 0 aliphatic carbocycles. The predicted molar refractivity (Wildman–Crippen MR) is 82.1 cm³/mol. The third kappa shape index (κ3) is 3.03. The highest BCUT2D eigenvalue weighted by atomic mass is 16.5. The van der Waals surface area contributed by atoms with Crippen molar-refractivity contribution in [1.82, 2.24) is 15.1 Å². The van der Waals surface area contributed by atoms with Gasteiger partial charge in [0.1, 0.15) is 0 Å². The predicted octanol–water partition coefficient (Wildman–Crippen LogP) is 1.31. The zero-order valence-corrected chi connectivity index (χ0v) is 13.4. The van der Waals surface area contributed by atoms with Crippen molar-refractivity contribution in [2.75, 3.05) is 39.9 Å². The van der Waals surface area contributed by atoms with Crippen molar-refractivity contribution >= 4 is 0 Å². The highest BCUT2D eigenvalue weighted by Gasteiger charge is 2.39. The maximum atomic E-state index is 5.47. The number of hydrogen-bond donors (Lipinski definition) is 1. The normalized spacial score (nSPS) is 36.5. The van der Waals surface area contributed by atoms with Crippen LogP contribution >= 0.6 is 0 Å². The standard InChI is InChI=1S/C16H31N3O/c1-16(2,19-6-8-20-9-7-19)12-17-13-10-14-4-5-15(11-13)18(14)3/h13-15,17H,4-12H2,1-3H3. The van der Waals surface area contributed by atoms with Crippen LogP contribution in [0.25, 0.3) is 0 Å². The molecule has 20 heavy (non-hydrogen) atoms. The van der Waals surface area contributed by atoms with Crippen LogP contribution in [0.5, 0.6) is 0 Å². The first kappa shape index (κ1) is 14.8. The number of rotatable bonds is 4. The lowest BCUT2D eigenvalue weighted by Gasteiger charge is -2.43. The Morgan fingerprint density at radius 3 is 2.30 bits per heavy atom. The molecule has 2 atom stereocenters. The minimum Gasteiger partial charge on any atom is -0.379 e. The molecule has 0 aromatic carbocycles. The molecule has 3 heterocycles. The van der Waals surface area contributed by atoms with E-state index in [9.17, 15) is 0 Å². The average molecular weight is 281 g/mol. The van der Waals surface area contributed by atoms with Crippen LogP contribution < -0.4 is 5.32 Å². The fraction of sp³-hybridized carbons (Fsp3) is 1.00. The first-order chi connectivity index (χ1) is 9.56. The van der Waals surface area contributed by atoms with E-state index in [0.717, 1.165) is 51.0 Å². The number of hydrogen-bond acceptors (Lipinski definition) is 4. The summed E-state index contributed by atoms with van der Waals surface area (Å²) in [5.41, 5.74) is 0.242. The van der Waals surface area contributed by atoms with Gasteiger partial charge in [-0.2, -0.15) is 0 Å². The zero-order valence-electron chi connectivity index (χ0n) is 13.4. The van der Waals surface area contributed by atoms with Crippen molar-refractivity contribution in [1.29, 1.82) is 0 Å². The molecule has 2 unspecified atom stereocenters. The molecule has 4 nitrogen and oxygen atoms in total. The van der Waals surface area contributed by atoms with Crippen LogP contribution in [0.15, 0.2) is 0 Å². The van der Waals surface area contributed by atoms with Gasteiger partial charge in [0.25, 0.3) is 0 Å². The lowest BCUT2D eigenvalue weighted by atomic mass is 9.95. The van der Waals surface area contributed by atoms with Gasteiger partial charge in [-0.05, 0) is 46.6 Å². The number of piperidine rings is 1. The summed E-state index contributed by atoms with van der Waals surface area (Å²) in [5, 5.41) is 3.87. The Morgan fingerprint density at radius 1 is 1.10 bits per heavy atom. The molecule has 0 amide bonds. The molecule has 3 fully saturated rings. The molecule has 3 rings (SSSR count). The summed E-state index contributed by atoms with van der Waals surface area (Å²) in [6.45, 7) is 9.77. The molecule has 0 aromatic heterocycles. The smallest absolute Gasteiger partial charge is 0.0594 e. The lowest BCUT2D eigenvalue weighted by molar-refractivity contribution is -0.0114. The highest BCUT2D eigenvalue weighted by Crippen LogP contribution is 2.34. The molecule has 116 valence electrons. The van der Waals surface area contributed by atoms with Crippen molar-refractivity contribution in [2.24, 2.45) is 0 Å². The zero-order chi connectivity index (χ0) is 14.2. The summed E-state index contributed by atoms with van der Waals surface area (Å²) in [7, 11) is 2.32. The molecule has 1 N–H and O–H groups in total. The molecule has 0 saturated carbocycles. The Hall–Kier alpha value is -0.160. The van der Waals surface area contributed by atoms with E-state index in [1.165, 1.54) is 25.7 Å². The number of ether oxygens (including phenoxy) is 1. The van der Waals surface area contributed by atoms with E-state index in [1.54, 1.807) is 0 Å². The summed E-state index contributed by atoms with van der Waals surface area (Å²) < 4.78 is 5.47. The molecule has 0 aromatic rings. The number of fused-ring (bicyclic) bond motifs is 2. The minimum atomic E-state index is 0.242. The third-order valence-electron chi connectivity index (χ3n) is 5.79. The van der Waals surface area contributed by atoms with Crippen molar-refractivity contribution in [3.63, 3.8) is 0 Å². The van der Waals surface area contributed by atoms with Gasteiger partial charge >= 0.3 is 0 Å². The monoisotopic (exact) mass is 281 g/mol. The SMILES string of the molecule is CN1C2CCC1CC(NCC(C)(C)N1CCOCC1)C2. The number of nitrogens with zero attached hydrogens (tertiary/aromatic N) is 2. The van der Waals surface area contributed by atoms with E-state index in [-0.39, 0.29) is 5.54 Å². The first-order valence-corrected chi connectivity index (χ1v) is 8.34. The van der Waals surface area contributed by atoms with Crippen molar-refractivity contribution in [2.45, 2.75) is 63.2 Å². The van der Waals surface area contributed by atoms with Gasteiger partial charge < -0.3 is 15.0 Å². The van der Waals surface area contributed by atoms with Crippen LogP contribution in [0, 0.1) is 0 Å². The van der Waals surface area contributed by atoms with Crippen molar-refractivity contribution in [3.05, 3.63) is 0 Å². The van der Waals surface area contributed by atoms with Crippen LogP contribution in [0.3, 0.4) is 0 Å². The fourth-order valence-electron chi connectivity index (χ4n) is 4.25. The van der Waals surface area contributed by atoms with Gasteiger partial charge in [-0.25, -0.2) is 0 Å². The quantitative estimate of drug-likeness (QED) is 0.841. The first-order valence-electron chi connectivity index (χ1n) is 8.34. The molecular weight excluding hydrogens is 250 g/mol. The summed E-state index contributed by atoms with van der Waals surface area (Å²) >= 11 is 0. The van der Waals surface area contributed by atoms with Gasteiger partial charge in [0.05, 0.1) is 13.2 Å². The molecule has 3 aliphatic rings. The van der Waals surface area contributed by atoms with Gasteiger partial charge in [-0.15, -0.1) is 0 Å². The van der Waals surface area contributed by atoms with Crippen LogP contribution in [-0.4, -0.2) is 73.4 Å². The van der Waals surface area contributed by atoms with E-state index in [0.29, 0.717) is 0 Å². The molecular formula is C16H31N3O. The Balaban J connectivity index is 1.49. The molecule has 0 radical (unpaired) electrons. The highest BCUT2D eigenvalue weighted by molar-refractivity contribution is 4.97. The Kier molecular flexibility index (Phi) is 4.37. The topological polar surface area (TPSA) is 27.7 Å². The van der Waals surface area contributed by atoms with E-state index in [1.807, 2.05) is 0 Å². The second-order valence-electron chi connectivity index (χ2n) is 7.51. The average Bonchev–Trinajstić information content (AvgIpc) is 2.67. The van der Waals surface area contributed by atoms with Gasteiger partial charge in [0, 0.05) is 43.3 Å². The minimum absolute atomic E-state index is 0.242. The maximum Gasteiger partial charge on any atom is 0.0594 e. The second kappa shape index (κ2) is 5.91. The lowest BCUT2D eigenvalue weighted by Crippen LogP contribution is -2.57. The van der Waals surface area contributed by atoms with Gasteiger partial charge in [0.2, 0.25) is 0 Å². The van der Waals surface area contributed by atoms with Crippen molar-refractivity contribution in [3.8, 4) is 0 Å². The van der Waals surface area contributed by atoms with E-state index < -0.39 is 0 Å². The molecule has 2 bridgehead atoms. The van der Waals surface area contributed by atoms with E-state index in [2.05, 4.69) is 36.0 Å². The van der Waals surface area contributed by atoms with Crippen LogP contribution in [0.4, 0.5) is 0 Å². The maximum absolute atomic E-state index is 5.47. The number of nitrogens with one attached hydrogen (secondary N) is 1. The van der Waals surface area contributed by atoms with Crippen LogP contribution in [0.2, 0.25) is 0 Å². The number of morpholine rings is 1. The van der Waals surface area contributed by atoms with Gasteiger partial charge in [-0.1, -0.05) is 0 Å². The molecule has 4 heteroatoms. The fourth-order valence-corrected chi connectivity index (χ4v) is 4.25. The van der Waals surface area contributed by atoms with Crippen LogP contribution in [0.1, 0.15) is 39.5 Å². The summed E-state index contributed by atoms with van der Waals surface area (Å²) in [6.07, 6.45) is 5.50. The van der Waals surface area contributed by atoms with Gasteiger partial charge in [-0.3, -0.25) is 4.90 Å². The van der Waals surface area contributed by atoms with Crippen LogP contribution in [-0.2, 0) is 4.74 Å². The second-order valence-corrected chi connectivity index (χ2v) is 7.51. The summed E-state index contributed by atoms with van der Waals surface area (Å²) in [5.74, 6) is 0. The van der Waals surface area contributed by atoms with Gasteiger partial charge in [0.15, 0.2) is 0 Å².